The molecule has 170 valence electrons. The summed E-state index contributed by atoms with van der Waals surface area (Å²) in [7, 11) is 0. The molecule has 1 aliphatic rings. The van der Waals surface area contributed by atoms with Crippen LogP contribution in [-0.4, -0.2) is 38.4 Å². The Bertz CT molecular complexity index is 1380. The van der Waals surface area contributed by atoms with Gasteiger partial charge in [0.25, 0.3) is 5.56 Å². The molecule has 1 atom stereocenters. The number of nitrogens with zero attached hydrogens (tertiary/aromatic N) is 3. The average molecular weight is 447 g/mol. The molecule has 0 radical (unpaired) electrons. The molecule has 8 nitrogen and oxygen atoms in total. The number of benzene rings is 2. The van der Waals surface area contributed by atoms with Crippen molar-refractivity contribution in [2.24, 2.45) is 0 Å². The van der Waals surface area contributed by atoms with Crippen LogP contribution in [0.5, 0.6) is 5.75 Å². The highest BCUT2D eigenvalue weighted by molar-refractivity contribution is 5.79. The number of imidazole rings is 1. The summed E-state index contributed by atoms with van der Waals surface area (Å²) in [6.07, 6.45) is 1.87. The number of aromatic amines is 1. The average Bonchev–Trinajstić information content (AvgIpc) is 3.47. The van der Waals surface area contributed by atoms with E-state index in [2.05, 4.69) is 4.98 Å². The van der Waals surface area contributed by atoms with Crippen molar-refractivity contribution in [1.82, 2.24) is 19.1 Å². The highest BCUT2D eigenvalue weighted by Gasteiger charge is 2.25. The van der Waals surface area contributed by atoms with Gasteiger partial charge >= 0.3 is 5.69 Å². The Labute approximate surface area is 190 Å². The van der Waals surface area contributed by atoms with E-state index in [0.29, 0.717) is 49.0 Å². The number of rotatable bonds is 7. The molecule has 8 heteroatoms. The minimum absolute atomic E-state index is 0.0192. The first-order chi connectivity index (χ1) is 16.2. The van der Waals surface area contributed by atoms with E-state index >= 15 is 0 Å². The second-order valence-corrected chi connectivity index (χ2v) is 8.11. The number of aromatic nitrogens is 4. The Morgan fingerprint density at radius 3 is 2.64 bits per heavy atom. The van der Waals surface area contributed by atoms with Gasteiger partial charge in [0.05, 0.1) is 31.4 Å². The molecular formula is C25H26N4O4. The summed E-state index contributed by atoms with van der Waals surface area (Å²) in [5.41, 5.74) is 1.49. The maximum atomic E-state index is 13.1. The van der Waals surface area contributed by atoms with Crippen molar-refractivity contribution in [2.45, 2.75) is 39.0 Å². The van der Waals surface area contributed by atoms with E-state index in [4.69, 9.17) is 14.5 Å². The molecule has 33 heavy (non-hydrogen) atoms. The maximum Gasteiger partial charge on any atom is 0.330 e. The van der Waals surface area contributed by atoms with Crippen LogP contribution in [0.1, 0.15) is 25.3 Å². The molecule has 4 aromatic rings. The van der Waals surface area contributed by atoms with Gasteiger partial charge in [0.15, 0.2) is 11.2 Å². The largest absolute Gasteiger partial charge is 0.493 e. The standard InChI is InChI=1S/C25H26N4O4/c1-2-32-20-13-7-6-12-19(20)22-26-23-21(28(22)16-18-11-8-14-33-18)24(30)27-25(31)29(23)15-17-9-4-3-5-10-17/h3-7,9-10,12-13,18H,2,8,11,14-16H2,1H3,(H,27,30,31). The predicted molar refractivity (Wildman–Crippen MR) is 126 cm³/mol. The third-order valence-corrected chi connectivity index (χ3v) is 5.91. The fraction of sp³-hybridized carbons (Fsp3) is 0.320. The summed E-state index contributed by atoms with van der Waals surface area (Å²) in [5, 5.41) is 0. The van der Waals surface area contributed by atoms with Crippen LogP contribution < -0.4 is 16.0 Å². The molecule has 3 heterocycles. The van der Waals surface area contributed by atoms with Gasteiger partial charge in [0.2, 0.25) is 0 Å². The van der Waals surface area contributed by atoms with E-state index in [1.165, 1.54) is 4.57 Å². The van der Waals surface area contributed by atoms with E-state index in [0.717, 1.165) is 24.0 Å². The smallest absolute Gasteiger partial charge is 0.330 e. The van der Waals surface area contributed by atoms with Gasteiger partial charge in [-0.3, -0.25) is 14.3 Å². The van der Waals surface area contributed by atoms with Crippen LogP contribution in [0.25, 0.3) is 22.6 Å². The van der Waals surface area contributed by atoms with Crippen LogP contribution in [0.3, 0.4) is 0 Å². The minimum Gasteiger partial charge on any atom is -0.493 e. The number of ether oxygens (including phenoxy) is 2. The third kappa shape index (κ3) is 4.09. The van der Waals surface area contributed by atoms with Gasteiger partial charge in [0, 0.05) is 6.61 Å². The van der Waals surface area contributed by atoms with E-state index in [-0.39, 0.29) is 6.10 Å². The van der Waals surface area contributed by atoms with E-state index in [1.807, 2.05) is 66.1 Å². The molecule has 1 fully saturated rings. The van der Waals surface area contributed by atoms with Crippen molar-refractivity contribution in [2.75, 3.05) is 13.2 Å². The van der Waals surface area contributed by atoms with Crippen LogP contribution in [0, 0.1) is 0 Å². The first-order valence-electron chi connectivity index (χ1n) is 11.3. The van der Waals surface area contributed by atoms with Crippen molar-refractivity contribution in [3.8, 4) is 17.1 Å². The molecule has 5 rings (SSSR count). The fourth-order valence-electron chi connectivity index (χ4n) is 4.39. The Hall–Kier alpha value is -3.65. The zero-order chi connectivity index (χ0) is 22.8. The number of nitrogens with one attached hydrogen (secondary N) is 1. The van der Waals surface area contributed by atoms with Gasteiger partial charge in [-0.15, -0.1) is 0 Å². The molecule has 1 saturated heterocycles. The molecule has 2 aromatic heterocycles. The minimum atomic E-state index is -0.484. The van der Waals surface area contributed by atoms with Crippen LogP contribution in [0.2, 0.25) is 0 Å². The number of hydrogen-bond acceptors (Lipinski definition) is 5. The van der Waals surface area contributed by atoms with Gasteiger partial charge in [-0.05, 0) is 37.5 Å². The Morgan fingerprint density at radius 1 is 1.09 bits per heavy atom. The number of para-hydroxylation sites is 1. The van der Waals surface area contributed by atoms with Crippen LogP contribution in [-0.2, 0) is 17.8 Å². The summed E-state index contributed by atoms with van der Waals surface area (Å²) < 4.78 is 15.1. The lowest BCUT2D eigenvalue weighted by Gasteiger charge is -2.15. The molecule has 0 aliphatic carbocycles. The van der Waals surface area contributed by atoms with Crippen LogP contribution in [0.15, 0.2) is 64.2 Å². The van der Waals surface area contributed by atoms with Crippen molar-refractivity contribution in [1.29, 1.82) is 0 Å². The molecule has 1 aliphatic heterocycles. The molecule has 1 N–H and O–H groups in total. The Morgan fingerprint density at radius 2 is 1.88 bits per heavy atom. The number of H-pyrrole nitrogens is 1. The second-order valence-electron chi connectivity index (χ2n) is 8.11. The Kier molecular flexibility index (Phi) is 5.83. The zero-order valence-corrected chi connectivity index (χ0v) is 18.5. The topological polar surface area (TPSA) is 91.1 Å². The summed E-state index contributed by atoms with van der Waals surface area (Å²) in [6.45, 7) is 3.91. The van der Waals surface area contributed by atoms with Gasteiger partial charge in [0.1, 0.15) is 11.6 Å². The van der Waals surface area contributed by atoms with Gasteiger partial charge in [-0.25, -0.2) is 9.78 Å². The summed E-state index contributed by atoms with van der Waals surface area (Å²) >= 11 is 0. The van der Waals surface area contributed by atoms with Crippen molar-refractivity contribution in [3.63, 3.8) is 0 Å². The molecule has 0 amide bonds. The van der Waals surface area contributed by atoms with E-state index in [9.17, 15) is 9.59 Å². The summed E-state index contributed by atoms with van der Waals surface area (Å²) in [5.74, 6) is 1.26. The SMILES string of the molecule is CCOc1ccccc1-c1nc2c(c(=O)[nH]c(=O)n2Cc2ccccc2)n1CC1CCCO1. The summed E-state index contributed by atoms with van der Waals surface area (Å²) in [4.78, 5) is 33.2. The first-order valence-corrected chi connectivity index (χ1v) is 11.3. The van der Waals surface area contributed by atoms with Gasteiger partial charge in [-0.2, -0.15) is 0 Å². The van der Waals surface area contributed by atoms with Crippen molar-refractivity contribution >= 4 is 11.2 Å². The molecule has 0 saturated carbocycles. The number of fused-ring (bicyclic) bond motifs is 1. The normalized spacial score (nSPS) is 15.8. The van der Waals surface area contributed by atoms with E-state index in [1.54, 1.807) is 0 Å². The van der Waals surface area contributed by atoms with Gasteiger partial charge in [-0.1, -0.05) is 42.5 Å². The van der Waals surface area contributed by atoms with Crippen LogP contribution in [0.4, 0.5) is 0 Å². The lowest BCUT2D eigenvalue weighted by molar-refractivity contribution is 0.0982. The van der Waals surface area contributed by atoms with Gasteiger partial charge < -0.3 is 14.0 Å². The maximum absolute atomic E-state index is 13.1. The second kappa shape index (κ2) is 9.07. The summed E-state index contributed by atoms with van der Waals surface area (Å²) in [6, 6.07) is 17.3. The van der Waals surface area contributed by atoms with Crippen molar-refractivity contribution in [3.05, 3.63) is 81.0 Å². The predicted octanol–water partition coefficient (Wildman–Crippen LogP) is 3.18. The lowest BCUT2D eigenvalue weighted by atomic mass is 10.1. The van der Waals surface area contributed by atoms with Crippen LogP contribution >= 0.6 is 0 Å². The molecule has 0 spiro atoms. The zero-order valence-electron chi connectivity index (χ0n) is 18.5. The molecular weight excluding hydrogens is 420 g/mol. The number of hydrogen-bond donors (Lipinski definition) is 1. The lowest BCUT2D eigenvalue weighted by Crippen LogP contribution is -2.32. The molecule has 0 bridgehead atoms. The van der Waals surface area contributed by atoms with E-state index < -0.39 is 11.2 Å². The highest BCUT2D eigenvalue weighted by Crippen LogP contribution is 2.32. The highest BCUT2D eigenvalue weighted by atomic mass is 16.5. The molecule has 1 unspecified atom stereocenters. The third-order valence-electron chi connectivity index (χ3n) is 5.91. The monoisotopic (exact) mass is 446 g/mol. The fourth-order valence-corrected chi connectivity index (χ4v) is 4.39. The first kappa shape index (κ1) is 21.2. The quantitative estimate of drug-likeness (QED) is 0.471. The Balaban J connectivity index is 1.75. The van der Waals surface area contributed by atoms with Crippen molar-refractivity contribution < 1.29 is 9.47 Å². The molecule has 2 aromatic carbocycles.